The van der Waals surface area contributed by atoms with Crippen molar-refractivity contribution in [1.29, 1.82) is 0 Å². The molecule has 134 valence electrons. The molecule has 1 aromatic rings. The van der Waals surface area contributed by atoms with Crippen molar-refractivity contribution in [3.05, 3.63) is 34.9 Å². The van der Waals surface area contributed by atoms with Crippen LogP contribution in [0.25, 0.3) is 0 Å². The van der Waals surface area contributed by atoms with E-state index >= 15 is 0 Å². The maximum atomic E-state index is 12.0. The van der Waals surface area contributed by atoms with Gasteiger partial charge in [-0.2, -0.15) is 0 Å². The van der Waals surface area contributed by atoms with Crippen molar-refractivity contribution in [1.82, 2.24) is 9.62 Å². The number of thioether (sulfide) groups is 1. The first-order chi connectivity index (χ1) is 11.4. The molecular formula is C16H23ClN2O3S2. The fraction of sp³-hybridized carbons (Fsp3) is 0.562. The van der Waals surface area contributed by atoms with Crippen molar-refractivity contribution in [3.63, 3.8) is 0 Å². The highest BCUT2D eigenvalue weighted by Gasteiger charge is 2.27. The minimum absolute atomic E-state index is 0.00109. The molecule has 0 bridgehead atoms. The number of nitrogens with zero attached hydrogens (tertiary/aromatic N) is 1. The number of carbonyl (C=O) groups is 1. The van der Waals surface area contributed by atoms with Crippen molar-refractivity contribution in [2.24, 2.45) is 0 Å². The van der Waals surface area contributed by atoms with Gasteiger partial charge in [0.2, 0.25) is 15.9 Å². The number of halogens is 1. The average Bonchev–Trinajstić information content (AvgIpc) is 2.55. The molecule has 1 amide bonds. The molecule has 1 saturated heterocycles. The van der Waals surface area contributed by atoms with Gasteiger partial charge >= 0.3 is 0 Å². The molecule has 0 spiro atoms. The van der Waals surface area contributed by atoms with Gasteiger partial charge in [-0.25, -0.2) is 12.7 Å². The summed E-state index contributed by atoms with van der Waals surface area (Å²) in [6.07, 6.45) is 1.34. The zero-order chi connectivity index (χ0) is 17.6. The van der Waals surface area contributed by atoms with Crippen molar-refractivity contribution in [2.45, 2.75) is 31.6 Å². The Balaban J connectivity index is 1.68. The molecule has 2 rings (SSSR count). The number of hydrogen-bond donors (Lipinski definition) is 1. The maximum absolute atomic E-state index is 12.0. The van der Waals surface area contributed by atoms with Gasteiger partial charge in [-0.1, -0.05) is 23.7 Å². The zero-order valence-corrected chi connectivity index (χ0v) is 16.1. The summed E-state index contributed by atoms with van der Waals surface area (Å²) in [5.41, 5.74) is 1.10. The van der Waals surface area contributed by atoms with E-state index in [4.69, 9.17) is 11.6 Å². The van der Waals surface area contributed by atoms with Crippen LogP contribution in [0.2, 0.25) is 5.02 Å². The van der Waals surface area contributed by atoms with E-state index in [-0.39, 0.29) is 17.7 Å². The zero-order valence-electron chi connectivity index (χ0n) is 13.7. The Morgan fingerprint density at radius 3 is 2.71 bits per heavy atom. The van der Waals surface area contributed by atoms with Crippen LogP contribution < -0.4 is 5.32 Å². The predicted octanol–water partition coefficient (Wildman–Crippen LogP) is 2.50. The molecule has 0 saturated carbocycles. The first-order valence-corrected chi connectivity index (χ1v) is 11.1. The topological polar surface area (TPSA) is 66.5 Å². The van der Waals surface area contributed by atoms with E-state index in [0.29, 0.717) is 36.7 Å². The maximum Gasteiger partial charge on any atom is 0.230 e. The van der Waals surface area contributed by atoms with Crippen LogP contribution >= 0.6 is 23.4 Å². The number of sulfonamides is 1. The molecule has 1 N–H and O–H groups in total. The molecule has 0 unspecified atom stereocenters. The molecule has 5 nitrogen and oxygen atoms in total. The lowest BCUT2D eigenvalue weighted by Gasteiger charge is -2.31. The third-order valence-electron chi connectivity index (χ3n) is 3.97. The van der Waals surface area contributed by atoms with Gasteiger partial charge in [0.15, 0.2) is 0 Å². The second-order valence-electron chi connectivity index (χ2n) is 5.76. The van der Waals surface area contributed by atoms with Crippen LogP contribution in [0.1, 0.15) is 25.3 Å². The molecule has 24 heavy (non-hydrogen) atoms. The quantitative estimate of drug-likeness (QED) is 0.776. The van der Waals surface area contributed by atoms with Crippen LogP contribution in [-0.4, -0.2) is 49.3 Å². The predicted molar refractivity (Wildman–Crippen MR) is 99.8 cm³/mol. The highest BCUT2D eigenvalue weighted by molar-refractivity contribution is 7.99. The first kappa shape index (κ1) is 19.6. The van der Waals surface area contributed by atoms with Gasteiger partial charge in [0.1, 0.15) is 0 Å². The Labute approximate surface area is 153 Å². The van der Waals surface area contributed by atoms with Gasteiger partial charge in [0.25, 0.3) is 0 Å². The first-order valence-electron chi connectivity index (χ1n) is 8.00. The van der Waals surface area contributed by atoms with E-state index in [2.05, 4.69) is 5.32 Å². The summed E-state index contributed by atoms with van der Waals surface area (Å²) in [4.78, 5) is 12.0. The van der Waals surface area contributed by atoms with Crippen LogP contribution in [-0.2, 0) is 20.6 Å². The molecular weight excluding hydrogens is 368 g/mol. The lowest BCUT2D eigenvalue weighted by atomic mass is 10.1. The summed E-state index contributed by atoms with van der Waals surface area (Å²) >= 11 is 7.48. The monoisotopic (exact) mass is 390 g/mol. The van der Waals surface area contributed by atoms with E-state index in [9.17, 15) is 13.2 Å². The molecule has 0 radical (unpaired) electrons. The van der Waals surface area contributed by atoms with Crippen molar-refractivity contribution >= 4 is 39.3 Å². The second-order valence-corrected chi connectivity index (χ2v) is 9.44. The van der Waals surface area contributed by atoms with Crippen LogP contribution in [0.3, 0.4) is 0 Å². The Morgan fingerprint density at radius 1 is 1.38 bits per heavy atom. The minimum Gasteiger partial charge on any atom is -0.353 e. The normalized spacial score (nSPS) is 16.9. The third-order valence-corrected chi connectivity index (χ3v) is 7.09. The highest BCUT2D eigenvalue weighted by atomic mass is 35.5. The molecule has 1 aliphatic rings. The van der Waals surface area contributed by atoms with Crippen molar-refractivity contribution < 1.29 is 13.2 Å². The van der Waals surface area contributed by atoms with Crippen LogP contribution in [0.15, 0.2) is 24.3 Å². The summed E-state index contributed by atoms with van der Waals surface area (Å²) in [6.45, 7) is 2.62. The average molecular weight is 391 g/mol. The van der Waals surface area contributed by atoms with E-state index < -0.39 is 10.0 Å². The van der Waals surface area contributed by atoms with E-state index in [0.717, 1.165) is 11.3 Å². The van der Waals surface area contributed by atoms with Crippen LogP contribution in [0.4, 0.5) is 0 Å². The lowest BCUT2D eigenvalue weighted by molar-refractivity contribution is -0.119. The highest BCUT2D eigenvalue weighted by Crippen LogP contribution is 2.17. The van der Waals surface area contributed by atoms with Gasteiger partial charge in [-0.3, -0.25) is 4.79 Å². The van der Waals surface area contributed by atoms with Gasteiger partial charge in [-0.15, -0.1) is 11.8 Å². The Bertz CT molecular complexity index is 659. The van der Waals surface area contributed by atoms with E-state index in [1.807, 2.05) is 24.3 Å². The number of rotatable bonds is 7. The summed E-state index contributed by atoms with van der Waals surface area (Å²) < 4.78 is 25.1. The second kappa shape index (κ2) is 9.08. The molecule has 0 aliphatic carbocycles. The number of piperidine rings is 1. The SMILES string of the molecule is CCS(=O)(=O)N1CCC(NC(=O)CSCc2cccc(Cl)c2)CC1. The van der Waals surface area contributed by atoms with Gasteiger partial charge < -0.3 is 5.32 Å². The van der Waals surface area contributed by atoms with Crippen LogP contribution in [0.5, 0.6) is 0 Å². The van der Waals surface area contributed by atoms with Gasteiger partial charge in [0.05, 0.1) is 11.5 Å². The summed E-state index contributed by atoms with van der Waals surface area (Å²) in [5, 5.41) is 3.70. The number of carbonyl (C=O) groups excluding carboxylic acids is 1. The van der Waals surface area contributed by atoms with E-state index in [1.54, 1.807) is 18.7 Å². The Morgan fingerprint density at radius 2 is 2.08 bits per heavy atom. The van der Waals surface area contributed by atoms with Crippen molar-refractivity contribution in [2.75, 3.05) is 24.6 Å². The molecule has 1 aliphatic heterocycles. The minimum atomic E-state index is -3.12. The molecule has 0 aromatic heterocycles. The number of hydrogen-bond acceptors (Lipinski definition) is 4. The van der Waals surface area contributed by atoms with Gasteiger partial charge in [0, 0.05) is 29.9 Å². The Kier molecular flexibility index (Phi) is 7.40. The van der Waals surface area contributed by atoms with Crippen molar-refractivity contribution in [3.8, 4) is 0 Å². The van der Waals surface area contributed by atoms with Gasteiger partial charge in [-0.05, 0) is 37.5 Å². The summed E-state index contributed by atoms with van der Waals surface area (Å²) in [5.74, 6) is 1.25. The number of amides is 1. The summed E-state index contributed by atoms with van der Waals surface area (Å²) in [7, 11) is -3.12. The summed E-state index contributed by atoms with van der Waals surface area (Å²) in [6, 6.07) is 7.67. The molecule has 1 heterocycles. The largest absolute Gasteiger partial charge is 0.353 e. The molecule has 1 fully saturated rings. The fourth-order valence-corrected chi connectivity index (χ4v) is 4.75. The number of benzene rings is 1. The van der Waals surface area contributed by atoms with Crippen LogP contribution in [0, 0.1) is 0 Å². The number of nitrogens with one attached hydrogen (secondary N) is 1. The van der Waals surface area contributed by atoms with E-state index in [1.165, 1.54) is 4.31 Å². The molecule has 1 aromatic carbocycles. The Hall–Kier alpha value is -0.760. The standard InChI is InChI=1S/C16H23ClN2O3S2/c1-2-24(21,22)19-8-6-15(7-9-19)18-16(20)12-23-11-13-4-3-5-14(17)10-13/h3-5,10,15H,2,6-9,11-12H2,1H3,(H,18,20). The molecule has 0 atom stereocenters. The third kappa shape index (κ3) is 5.95. The smallest absolute Gasteiger partial charge is 0.230 e. The lowest BCUT2D eigenvalue weighted by Crippen LogP contribution is -2.47. The fourth-order valence-electron chi connectivity index (χ4n) is 2.62. The molecule has 8 heteroatoms.